The van der Waals surface area contributed by atoms with Crippen molar-refractivity contribution in [3.63, 3.8) is 0 Å². The molecule has 0 saturated carbocycles. The summed E-state index contributed by atoms with van der Waals surface area (Å²) in [4.78, 5) is 11.8. The number of rotatable bonds is 6. The average molecular weight is 296 g/mol. The third kappa shape index (κ3) is 3.65. The molecule has 1 heterocycles. The Morgan fingerprint density at radius 2 is 2.25 bits per heavy atom. The molecule has 1 saturated heterocycles. The van der Waals surface area contributed by atoms with Crippen molar-refractivity contribution in [2.45, 2.75) is 37.1 Å². The van der Waals surface area contributed by atoms with E-state index in [1.54, 1.807) is 19.1 Å². The molecule has 1 aromatic carbocycles. The second-order valence-electron chi connectivity index (χ2n) is 4.95. The van der Waals surface area contributed by atoms with Crippen molar-refractivity contribution in [2.24, 2.45) is 0 Å². The zero-order chi connectivity index (χ0) is 14.6. The maximum atomic E-state index is 12.2. The van der Waals surface area contributed by atoms with Crippen LogP contribution in [0.3, 0.4) is 0 Å². The molecule has 110 valence electrons. The highest BCUT2D eigenvalue weighted by atomic mass is 32.2. The Morgan fingerprint density at radius 1 is 1.45 bits per heavy atom. The maximum absolute atomic E-state index is 12.2. The van der Waals surface area contributed by atoms with E-state index in [2.05, 4.69) is 10.0 Å². The molecule has 0 aromatic heterocycles. The molecular weight excluding hydrogens is 276 g/mol. The van der Waals surface area contributed by atoms with Gasteiger partial charge in [-0.05, 0) is 31.5 Å². The Morgan fingerprint density at radius 3 is 2.90 bits per heavy atom. The summed E-state index contributed by atoms with van der Waals surface area (Å²) in [5.41, 5.74) is 0.439. The highest BCUT2D eigenvalue weighted by molar-refractivity contribution is 7.89. The van der Waals surface area contributed by atoms with Crippen molar-refractivity contribution in [3.8, 4) is 0 Å². The van der Waals surface area contributed by atoms with Gasteiger partial charge < -0.3 is 5.32 Å². The Hall–Kier alpha value is -1.24. The molecule has 2 rings (SSSR count). The first-order valence-electron chi connectivity index (χ1n) is 6.89. The van der Waals surface area contributed by atoms with Gasteiger partial charge in [-0.3, -0.25) is 4.79 Å². The van der Waals surface area contributed by atoms with Crippen LogP contribution in [0.2, 0.25) is 0 Å². The van der Waals surface area contributed by atoms with Crippen LogP contribution in [0.15, 0.2) is 29.2 Å². The summed E-state index contributed by atoms with van der Waals surface area (Å²) in [5, 5.41) is 3.24. The second-order valence-corrected chi connectivity index (χ2v) is 6.72. The topological polar surface area (TPSA) is 75.3 Å². The molecule has 0 radical (unpaired) electrons. The Bertz CT molecular complexity index is 578. The summed E-state index contributed by atoms with van der Waals surface area (Å²) >= 11 is 0. The molecule has 1 unspecified atom stereocenters. The maximum Gasteiger partial charge on any atom is 0.240 e. The lowest BCUT2D eigenvalue weighted by atomic mass is 10.1. The van der Waals surface area contributed by atoms with Gasteiger partial charge in [-0.1, -0.05) is 19.1 Å². The molecule has 0 spiro atoms. The largest absolute Gasteiger partial charge is 0.313 e. The minimum Gasteiger partial charge on any atom is -0.313 e. The van der Waals surface area contributed by atoms with Crippen LogP contribution < -0.4 is 10.0 Å². The summed E-state index contributed by atoms with van der Waals surface area (Å²) < 4.78 is 27.0. The molecule has 0 aliphatic carbocycles. The number of nitrogens with one attached hydrogen (secondary N) is 2. The van der Waals surface area contributed by atoms with Crippen LogP contribution in [-0.4, -0.2) is 33.3 Å². The number of Topliss-reactive ketones (excluding diaryl/α,β-unsaturated/α-hetero) is 1. The quantitative estimate of drug-likeness (QED) is 0.776. The van der Waals surface area contributed by atoms with Gasteiger partial charge in [0.15, 0.2) is 5.78 Å². The fourth-order valence-corrected chi connectivity index (χ4v) is 3.39. The molecule has 5 nitrogen and oxygen atoms in total. The molecule has 1 atom stereocenters. The minimum atomic E-state index is -3.55. The number of carbonyl (C=O) groups is 1. The molecule has 6 heteroatoms. The van der Waals surface area contributed by atoms with Gasteiger partial charge in [-0.2, -0.15) is 0 Å². The highest BCUT2D eigenvalue weighted by Crippen LogP contribution is 2.13. The van der Waals surface area contributed by atoms with Crippen molar-refractivity contribution in [3.05, 3.63) is 29.8 Å². The van der Waals surface area contributed by atoms with Crippen molar-refractivity contribution < 1.29 is 13.2 Å². The predicted molar refractivity (Wildman–Crippen MR) is 77.3 cm³/mol. The lowest BCUT2D eigenvalue weighted by Crippen LogP contribution is -2.37. The van der Waals surface area contributed by atoms with E-state index in [4.69, 9.17) is 0 Å². The predicted octanol–water partition coefficient (Wildman–Crippen LogP) is 1.31. The van der Waals surface area contributed by atoms with Gasteiger partial charge in [0.05, 0.1) is 4.90 Å². The van der Waals surface area contributed by atoms with Gasteiger partial charge in [0.1, 0.15) is 0 Å². The minimum absolute atomic E-state index is 0.0560. The molecule has 1 aliphatic heterocycles. The van der Waals surface area contributed by atoms with Gasteiger partial charge >= 0.3 is 0 Å². The van der Waals surface area contributed by atoms with Crippen LogP contribution in [0.5, 0.6) is 0 Å². The molecule has 1 aliphatic rings. The van der Waals surface area contributed by atoms with Crippen LogP contribution in [0.25, 0.3) is 0 Å². The van der Waals surface area contributed by atoms with Crippen LogP contribution in [0, 0.1) is 0 Å². The lowest BCUT2D eigenvalue weighted by Gasteiger charge is -2.12. The highest BCUT2D eigenvalue weighted by Gasteiger charge is 2.19. The van der Waals surface area contributed by atoms with Crippen molar-refractivity contribution >= 4 is 15.8 Å². The standard InChI is InChI=1S/C14H20N2O3S/c1-2-14(17)11-5-3-7-13(9-11)20(18,19)16-10-12-6-4-8-15-12/h3,5,7,9,12,15-16H,2,4,6,8,10H2,1H3. The SMILES string of the molecule is CCC(=O)c1cccc(S(=O)(=O)NCC2CCCN2)c1. The van der Waals surface area contributed by atoms with E-state index in [1.165, 1.54) is 12.1 Å². The fourth-order valence-electron chi connectivity index (χ4n) is 2.27. The van der Waals surface area contributed by atoms with Crippen molar-refractivity contribution in [1.29, 1.82) is 0 Å². The van der Waals surface area contributed by atoms with Gasteiger partial charge in [-0.15, -0.1) is 0 Å². The van der Waals surface area contributed by atoms with Crippen LogP contribution in [0.4, 0.5) is 0 Å². The first-order valence-corrected chi connectivity index (χ1v) is 8.37. The normalized spacial score (nSPS) is 19.1. The van der Waals surface area contributed by atoms with Gasteiger partial charge in [0, 0.05) is 24.6 Å². The molecule has 0 amide bonds. The van der Waals surface area contributed by atoms with Gasteiger partial charge in [0.2, 0.25) is 10.0 Å². The van der Waals surface area contributed by atoms with Crippen LogP contribution in [0.1, 0.15) is 36.5 Å². The smallest absolute Gasteiger partial charge is 0.240 e. The van der Waals surface area contributed by atoms with Crippen molar-refractivity contribution in [1.82, 2.24) is 10.0 Å². The third-order valence-electron chi connectivity index (χ3n) is 3.47. The summed E-state index contributed by atoms with van der Waals surface area (Å²) in [7, 11) is -3.55. The van der Waals surface area contributed by atoms with E-state index in [0.717, 1.165) is 19.4 Å². The zero-order valence-corrected chi connectivity index (χ0v) is 12.4. The van der Waals surface area contributed by atoms with E-state index >= 15 is 0 Å². The number of hydrogen-bond acceptors (Lipinski definition) is 4. The molecule has 2 N–H and O–H groups in total. The van der Waals surface area contributed by atoms with E-state index in [0.29, 0.717) is 18.5 Å². The lowest BCUT2D eigenvalue weighted by molar-refractivity contribution is 0.0988. The Balaban J connectivity index is 2.10. The fraction of sp³-hybridized carbons (Fsp3) is 0.500. The number of benzene rings is 1. The molecule has 1 fully saturated rings. The summed E-state index contributed by atoms with van der Waals surface area (Å²) in [5.74, 6) is -0.0560. The Labute approximate surface area is 119 Å². The number of carbonyl (C=O) groups excluding carboxylic acids is 1. The molecule has 1 aromatic rings. The first kappa shape index (κ1) is 15.2. The van der Waals surface area contributed by atoms with E-state index in [-0.39, 0.29) is 16.7 Å². The summed E-state index contributed by atoms with van der Waals surface area (Å²) in [6.07, 6.45) is 2.42. The van der Waals surface area contributed by atoms with E-state index in [1.807, 2.05) is 0 Å². The van der Waals surface area contributed by atoms with Crippen molar-refractivity contribution in [2.75, 3.05) is 13.1 Å². The summed E-state index contributed by atoms with van der Waals surface area (Å²) in [6.45, 7) is 3.08. The molecule has 0 bridgehead atoms. The van der Waals surface area contributed by atoms with Gasteiger partial charge in [-0.25, -0.2) is 13.1 Å². The zero-order valence-electron chi connectivity index (χ0n) is 11.6. The number of ketones is 1. The first-order chi connectivity index (χ1) is 9.53. The summed E-state index contributed by atoms with van der Waals surface area (Å²) in [6, 6.07) is 6.40. The third-order valence-corrected chi connectivity index (χ3v) is 4.89. The van der Waals surface area contributed by atoms with E-state index in [9.17, 15) is 13.2 Å². The second kappa shape index (κ2) is 6.47. The van der Waals surface area contributed by atoms with Gasteiger partial charge in [0.25, 0.3) is 0 Å². The average Bonchev–Trinajstić information content (AvgIpc) is 2.98. The Kier molecular flexibility index (Phi) is 4.91. The molecular formula is C14H20N2O3S. The van der Waals surface area contributed by atoms with Crippen LogP contribution in [-0.2, 0) is 10.0 Å². The number of hydrogen-bond donors (Lipinski definition) is 2. The molecule has 20 heavy (non-hydrogen) atoms. The monoisotopic (exact) mass is 296 g/mol. The van der Waals surface area contributed by atoms with E-state index < -0.39 is 10.0 Å². The number of sulfonamides is 1. The van der Waals surface area contributed by atoms with Crippen LogP contribution >= 0.6 is 0 Å².